The summed E-state index contributed by atoms with van der Waals surface area (Å²) in [5.74, 6) is 0. The van der Waals surface area contributed by atoms with E-state index in [1.165, 1.54) is 85.9 Å². The second-order valence-corrected chi connectivity index (χ2v) is 15.6. The van der Waals surface area contributed by atoms with E-state index < -0.39 is 0 Å². The highest BCUT2D eigenvalue weighted by atomic mass is 32.1. The topological polar surface area (TPSA) is 3.24 Å². The summed E-state index contributed by atoms with van der Waals surface area (Å²) >= 11 is 1.87. The first-order valence-electron chi connectivity index (χ1n) is 19.2. The Labute approximate surface area is 330 Å². The molecule has 10 aromatic carbocycles. The third kappa shape index (κ3) is 5.54. The minimum Gasteiger partial charge on any atom is -0.310 e. The van der Waals surface area contributed by atoms with Crippen molar-refractivity contribution in [2.24, 2.45) is 0 Å². The van der Waals surface area contributed by atoms with Crippen LogP contribution in [0.5, 0.6) is 0 Å². The van der Waals surface area contributed by atoms with E-state index in [1.54, 1.807) is 0 Å². The Kier molecular flexibility index (Phi) is 7.75. The third-order valence-corrected chi connectivity index (χ3v) is 12.4. The standard InChI is InChI=1S/C54H35NS/c1-2-12-36(13-3-1)39-15-10-17-44(32-39)55(43-30-26-38(27-31-43)50-33-40-14-4-5-18-46(40)47-19-6-7-20-48(47)50)42-28-24-37(25-29-42)45-22-11-16-41-34-52-49-21-8-9-23-53(49)56-54(52)35-51(41)45/h1-35H. The maximum atomic E-state index is 2.39. The Morgan fingerprint density at radius 2 is 0.857 bits per heavy atom. The van der Waals surface area contributed by atoms with Gasteiger partial charge in [0.2, 0.25) is 0 Å². The summed E-state index contributed by atoms with van der Waals surface area (Å²) in [5, 5.41) is 10.3. The Balaban J connectivity index is 1.02. The Morgan fingerprint density at radius 3 is 1.64 bits per heavy atom. The molecule has 0 aliphatic rings. The second kappa shape index (κ2) is 13.4. The first-order valence-corrected chi connectivity index (χ1v) is 20.0. The van der Waals surface area contributed by atoms with Gasteiger partial charge in [-0.25, -0.2) is 0 Å². The molecule has 0 aliphatic heterocycles. The minimum atomic E-state index is 1.11. The maximum Gasteiger partial charge on any atom is 0.0467 e. The summed E-state index contributed by atoms with van der Waals surface area (Å²) in [7, 11) is 0. The van der Waals surface area contributed by atoms with Crippen LogP contribution in [0.15, 0.2) is 212 Å². The first-order chi connectivity index (χ1) is 27.7. The van der Waals surface area contributed by atoms with Crippen molar-refractivity contribution in [2.75, 3.05) is 4.90 Å². The molecule has 1 heterocycles. The highest BCUT2D eigenvalue weighted by Crippen LogP contribution is 2.42. The fraction of sp³-hybridized carbons (Fsp3) is 0. The maximum absolute atomic E-state index is 2.39. The lowest BCUT2D eigenvalue weighted by Crippen LogP contribution is -2.10. The zero-order chi connectivity index (χ0) is 37.0. The van der Waals surface area contributed by atoms with Crippen LogP contribution in [0, 0.1) is 0 Å². The van der Waals surface area contributed by atoms with E-state index in [2.05, 4.69) is 217 Å². The molecule has 0 amide bonds. The molecule has 2 heteroatoms. The van der Waals surface area contributed by atoms with Gasteiger partial charge < -0.3 is 4.90 Å². The number of nitrogens with zero attached hydrogens (tertiary/aromatic N) is 1. The van der Waals surface area contributed by atoms with E-state index in [-0.39, 0.29) is 0 Å². The fourth-order valence-electron chi connectivity index (χ4n) is 8.52. The van der Waals surface area contributed by atoms with Gasteiger partial charge in [0.05, 0.1) is 0 Å². The number of thiophene rings is 1. The molecule has 1 nitrogen and oxygen atoms in total. The van der Waals surface area contributed by atoms with E-state index in [4.69, 9.17) is 0 Å². The van der Waals surface area contributed by atoms with Crippen LogP contribution in [0.3, 0.4) is 0 Å². The third-order valence-electron chi connectivity index (χ3n) is 11.2. The largest absolute Gasteiger partial charge is 0.310 e. The van der Waals surface area contributed by atoms with Crippen molar-refractivity contribution in [1.29, 1.82) is 0 Å². The molecule has 0 saturated carbocycles. The van der Waals surface area contributed by atoms with Gasteiger partial charge in [0, 0.05) is 37.2 Å². The Morgan fingerprint density at radius 1 is 0.268 bits per heavy atom. The van der Waals surface area contributed by atoms with Crippen LogP contribution in [0.1, 0.15) is 0 Å². The zero-order valence-corrected chi connectivity index (χ0v) is 31.4. The molecule has 0 bridgehead atoms. The highest BCUT2D eigenvalue weighted by molar-refractivity contribution is 7.25. The number of anilines is 3. The van der Waals surface area contributed by atoms with Gasteiger partial charge in [0.15, 0.2) is 0 Å². The molecule has 0 atom stereocenters. The Bertz CT molecular complexity index is 3230. The highest BCUT2D eigenvalue weighted by Gasteiger charge is 2.16. The number of fused-ring (bicyclic) bond motifs is 7. The van der Waals surface area contributed by atoms with Crippen molar-refractivity contribution < 1.29 is 0 Å². The molecule has 11 aromatic rings. The number of hydrogen-bond donors (Lipinski definition) is 0. The van der Waals surface area contributed by atoms with Crippen molar-refractivity contribution in [3.05, 3.63) is 212 Å². The average molecular weight is 730 g/mol. The van der Waals surface area contributed by atoms with Crippen LogP contribution in [0.25, 0.3) is 85.9 Å². The van der Waals surface area contributed by atoms with Gasteiger partial charge in [-0.2, -0.15) is 0 Å². The van der Waals surface area contributed by atoms with Crippen molar-refractivity contribution in [3.8, 4) is 33.4 Å². The van der Waals surface area contributed by atoms with Crippen molar-refractivity contribution in [2.45, 2.75) is 0 Å². The number of benzene rings is 10. The number of rotatable bonds is 6. The molecule has 56 heavy (non-hydrogen) atoms. The Hall–Kier alpha value is -7.00. The molecule has 0 saturated heterocycles. The van der Waals surface area contributed by atoms with Crippen molar-refractivity contribution in [3.63, 3.8) is 0 Å². The van der Waals surface area contributed by atoms with Crippen molar-refractivity contribution >= 4 is 80.9 Å². The van der Waals surface area contributed by atoms with E-state index in [9.17, 15) is 0 Å². The predicted molar refractivity (Wildman–Crippen MR) is 243 cm³/mol. The van der Waals surface area contributed by atoms with Gasteiger partial charge in [-0.1, -0.05) is 152 Å². The smallest absolute Gasteiger partial charge is 0.0467 e. The molecule has 0 radical (unpaired) electrons. The summed E-state index contributed by atoms with van der Waals surface area (Å²) in [5.41, 5.74) is 10.6. The lowest BCUT2D eigenvalue weighted by Gasteiger charge is -2.26. The molecule has 0 fully saturated rings. The van der Waals surface area contributed by atoms with Gasteiger partial charge in [-0.3, -0.25) is 0 Å². The second-order valence-electron chi connectivity index (χ2n) is 14.5. The molecule has 11 rings (SSSR count). The van der Waals surface area contributed by atoms with Crippen LogP contribution in [0.2, 0.25) is 0 Å². The normalized spacial score (nSPS) is 11.6. The van der Waals surface area contributed by atoms with Crippen LogP contribution >= 0.6 is 11.3 Å². The average Bonchev–Trinajstić information content (AvgIpc) is 3.63. The zero-order valence-electron chi connectivity index (χ0n) is 30.6. The minimum absolute atomic E-state index is 1.11. The molecule has 1 aromatic heterocycles. The lowest BCUT2D eigenvalue weighted by molar-refractivity contribution is 1.28. The molecule has 0 aliphatic carbocycles. The van der Waals surface area contributed by atoms with Crippen LogP contribution in [0.4, 0.5) is 17.1 Å². The summed E-state index contributed by atoms with van der Waals surface area (Å²) in [4.78, 5) is 2.38. The monoisotopic (exact) mass is 729 g/mol. The number of hydrogen-bond acceptors (Lipinski definition) is 2. The van der Waals surface area contributed by atoms with Gasteiger partial charge in [-0.05, 0) is 126 Å². The van der Waals surface area contributed by atoms with E-state index >= 15 is 0 Å². The van der Waals surface area contributed by atoms with Crippen molar-refractivity contribution in [1.82, 2.24) is 0 Å². The predicted octanol–water partition coefficient (Wildman–Crippen LogP) is 16.0. The van der Waals surface area contributed by atoms with Gasteiger partial charge in [0.1, 0.15) is 0 Å². The van der Waals surface area contributed by atoms with Crippen LogP contribution < -0.4 is 4.90 Å². The van der Waals surface area contributed by atoms with E-state index in [0.29, 0.717) is 0 Å². The van der Waals surface area contributed by atoms with Gasteiger partial charge in [0.25, 0.3) is 0 Å². The van der Waals surface area contributed by atoms with E-state index in [1.807, 2.05) is 11.3 Å². The van der Waals surface area contributed by atoms with Crippen LogP contribution in [-0.4, -0.2) is 0 Å². The SMILES string of the molecule is c1ccc(-c2cccc(N(c3ccc(-c4cccc5cc6c(cc45)sc4ccccc46)cc3)c3ccc(-c4cc5ccccc5c5ccccc45)cc3)c2)cc1. The molecular formula is C54H35NS. The summed E-state index contributed by atoms with van der Waals surface area (Å²) in [6.07, 6.45) is 0. The molecule has 0 unspecified atom stereocenters. The van der Waals surface area contributed by atoms with Gasteiger partial charge >= 0.3 is 0 Å². The molecule has 0 spiro atoms. The lowest BCUT2D eigenvalue weighted by atomic mass is 9.93. The van der Waals surface area contributed by atoms with Crippen LogP contribution in [-0.2, 0) is 0 Å². The molecule has 0 N–H and O–H groups in total. The van der Waals surface area contributed by atoms with E-state index in [0.717, 1.165) is 17.1 Å². The summed E-state index contributed by atoms with van der Waals surface area (Å²) in [6.45, 7) is 0. The van der Waals surface area contributed by atoms with Gasteiger partial charge in [-0.15, -0.1) is 11.3 Å². The summed E-state index contributed by atoms with van der Waals surface area (Å²) < 4.78 is 2.66. The first kappa shape index (κ1) is 32.4. The summed E-state index contributed by atoms with van der Waals surface area (Å²) in [6, 6.07) is 77.7. The quantitative estimate of drug-likeness (QED) is 0.154. The fourth-order valence-corrected chi connectivity index (χ4v) is 9.65. The molecular weight excluding hydrogens is 695 g/mol. The molecule has 262 valence electrons.